The lowest BCUT2D eigenvalue weighted by molar-refractivity contribution is -0.140. The van der Waals surface area contributed by atoms with Crippen LogP contribution in [-0.2, 0) is 15.3 Å². The average molecular weight is 396 g/mol. The molecule has 8 heteroatoms. The number of hydrogen-bond acceptors (Lipinski definition) is 6. The predicted octanol–water partition coefficient (Wildman–Crippen LogP) is 3.47. The van der Waals surface area contributed by atoms with Gasteiger partial charge < -0.3 is 4.74 Å². The third kappa shape index (κ3) is 4.23. The van der Waals surface area contributed by atoms with Gasteiger partial charge in [0.1, 0.15) is 6.61 Å². The van der Waals surface area contributed by atoms with E-state index in [1.54, 1.807) is 24.3 Å². The van der Waals surface area contributed by atoms with Crippen molar-refractivity contribution in [2.45, 2.75) is 5.75 Å². The van der Waals surface area contributed by atoms with Crippen LogP contribution >= 0.6 is 34.7 Å². The van der Waals surface area contributed by atoms with Gasteiger partial charge in [0.25, 0.3) is 11.8 Å². The zero-order chi connectivity index (χ0) is 17.8. The lowest BCUT2D eigenvalue weighted by atomic mass is 10.1. The molecule has 5 nitrogen and oxygen atoms in total. The van der Waals surface area contributed by atoms with Gasteiger partial charge >= 0.3 is 5.97 Å². The molecule has 0 spiro atoms. The van der Waals surface area contributed by atoms with Gasteiger partial charge in [-0.15, -0.1) is 23.1 Å². The fourth-order valence-electron chi connectivity index (χ4n) is 2.40. The molecule has 0 N–H and O–H groups in total. The Morgan fingerprint density at radius 3 is 2.40 bits per heavy atom. The first-order valence-corrected chi connectivity index (χ1v) is 9.84. The molecular formula is C17H14ClNO4S2. The Bertz CT molecular complexity index is 785. The Morgan fingerprint density at radius 2 is 1.80 bits per heavy atom. The lowest BCUT2D eigenvalue weighted by Crippen LogP contribution is -2.33. The van der Waals surface area contributed by atoms with Crippen molar-refractivity contribution in [3.8, 4) is 0 Å². The van der Waals surface area contributed by atoms with E-state index in [0.29, 0.717) is 16.9 Å². The largest absolute Gasteiger partial charge is 0.463 e. The van der Waals surface area contributed by atoms with Gasteiger partial charge in [-0.2, -0.15) is 0 Å². The zero-order valence-electron chi connectivity index (χ0n) is 13.1. The van der Waals surface area contributed by atoms with E-state index >= 15 is 0 Å². The number of ether oxygens (including phenoxy) is 1. The van der Waals surface area contributed by atoms with Crippen molar-refractivity contribution in [1.29, 1.82) is 0 Å². The maximum atomic E-state index is 12.2. The molecule has 0 radical (unpaired) electrons. The van der Waals surface area contributed by atoms with Crippen LogP contribution in [0, 0.1) is 0 Å². The predicted molar refractivity (Wildman–Crippen MR) is 98.3 cm³/mol. The summed E-state index contributed by atoms with van der Waals surface area (Å²) in [6.45, 7) is 0.0545. The zero-order valence-corrected chi connectivity index (χ0v) is 15.5. The fourth-order valence-corrected chi connectivity index (χ4v) is 4.42. The second-order valence-corrected chi connectivity index (χ2v) is 8.01. The van der Waals surface area contributed by atoms with E-state index in [4.69, 9.17) is 16.3 Å². The van der Waals surface area contributed by atoms with E-state index in [2.05, 4.69) is 0 Å². The van der Waals surface area contributed by atoms with E-state index in [-0.39, 0.29) is 36.7 Å². The Labute approximate surface area is 157 Å². The minimum atomic E-state index is -0.371. The maximum absolute atomic E-state index is 12.2. The summed E-state index contributed by atoms with van der Waals surface area (Å²) in [7, 11) is 0. The molecule has 0 fully saturated rings. The van der Waals surface area contributed by atoms with Gasteiger partial charge in [-0.05, 0) is 24.3 Å². The van der Waals surface area contributed by atoms with Crippen molar-refractivity contribution >= 4 is 52.5 Å². The summed E-state index contributed by atoms with van der Waals surface area (Å²) in [5, 5.41) is 0. The maximum Gasteiger partial charge on any atom is 0.315 e. The number of amides is 2. The van der Waals surface area contributed by atoms with E-state index in [9.17, 15) is 14.4 Å². The van der Waals surface area contributed by atoms with Gasteiger partial charge in [0.05, 0.1) is 27.8 Å². The fraction of sp³-hybridized carbons (Fsp3) is 0.235. The van der Waals surface area contributed by atoms with Crippen molar-refractivity contribution in [2.75, 3.05) is 18.9 Å². The smallest absolute Gasteiger partial charge is 0.315 e. The number of fused-ring (bicyclic) bond motifs is 1. The number of carbonyl (C=O) groups is 3. The van der Waals surface area contributed by atoms with Crippen LogP contribution in [-0.4, -0.2) is 41.6 Å². The van der Waals surface area contributed by atoms with Crippen LogP contribution < -0.4 is 0 Å². The molecular weight excluding hydrogens is 382 g/mol. The van der Waals surface area contributed by atoms with Crippen molar-refractivity contribution in [3.63, 3.8) is 0 Å². The molecule has 0 atom stereocenters. The van der Waals surface area contributed by atoms with E-state index in [1.807, 2.05) is 12.1 Å². The van der Waals surface area contributed by atoms with Crippen LogP contribution in [0.4, 0.5) is 0 Å². The molecule has 3 rings (SSSR count). The van der Waals surface area contributed by atoms with Crippen LogP contribution in [0.3, 0.4) is 0 Å². The summed E-state index contributed by atoms with van der Waals surface area (Å²) in [6.07, 6.45) is 0. The van der Waals surface area contributed by atoms with Crippen molar-refractivity contribution < 1.29 is 19.1 Å². The van der Waals surface area contributed by atoms with Gasteiger partial charge in [-0.25, -0.2) is 0 Å². The van der Waals surface area contributed by atoms with Gasteiger partial charge in [0.2, 0.25) is 0 Å². The van der Waals surface area contributed by atoms with E-state index in [1.165, 1.54) is 23.1 Å². The molecule has 2 amide bonds. The number of benzene rings is 1. The second-order valence-electron chi connectivity index (χ2n) is 5.23. The third-order valence-corrected chi connectivity index (χ3v) is 5.92. The first kappa shape index (κ1) is 18.0. The molecule has 2 aromatic rings. The Balaban J connectivity index is 1.40. The van der Waals surface area contributed by atoms with Crippen molar-refractivity contribution in [1.82, 2.24) is 4.90 Å². The number of imide groups is 1. The SMILES string of the molecule is O=C(CSCc1ccc(Cl)s1)OCCN1C(=O)c2ccccc2C1=O. The van der Waals surface area contributed by atoms with E-state index < -0.39 is 0 Å². The standard InChI is InChI=1S/C17H14ClNO4S2/c18-14-6-5-11(25-14)9-24-10-15(20)23-8-7-19-16(21)12-3-1-2-4-13(12)17(19)22/h1-6H,7-10H2. The first-order valence-electron chi connectivity index (χ1n) is 7.49. The molecule has 130 valence electrons. The average Bonchev–Trinajstić information content (AvgIpc) is 3.12. The number of carbonyl (C=O) groups excluding carboxylic acids is 3. The van der Waals surface area contributed by atoms with Crippen molar-refractivity contribution in [2.24, 2.45) is 0 Å². The highest BCUT2D eigenvalue weighted by Crippen LogP contribution is 2.25. The monoisotopic (exact) mass is 395 g/mol. The van der Waals surface area contributed by atoms with Gasteiger partial charge in [-0.1, -0.05) is 23.7 Å². The molecule has 2 heterocycles. The number of esters is 1. The van der Waals surface area contributed by atoms with Crippen LogP contribution in [0.2, 0.25) is 4.34 Å². The van der Waals surface area contributed by atoms with Gasteiger partial charge in [-0.3, -0.25) is 19.3 Å². The highest BCUT2D eigenvalue weighted by atomic mass is 35.5. The normalized spacial score (nSPS) is 13.2. The second kappa shape index (κ2) is 8.03. The molecule has 0 bridgehead atoms. The lowest BCUT2D eigenvalue weighted by Gasteiger charge is -2.13. The first-order chi connectivity index (χ1) is 12.1. The van der Waals surface area contributed by atoms with Crippen molar-refractivity contribution in [3.05, 3.63) is 56.7 Å². The molecule has 1 aliphatic heterocycles. The Kier molecular flexibility index (Phi) is 5.78. The van der Waals surface area contributed by atoms with E-state index in [0.717, 1.165) is 14.1 Å². The van der Waals surface area contributed by atoms with Crippen LogP contribution in [0.5, 0.6) is 0 Å². The van der Waals surface area contributed by atoms with Gasteiger partial charge in [0.15, 0.2) is 0 Å². The molecule has 0 saturated carbocycles. The number of thiophene rings is 1. The van der Waals surface area contributed by atoms with Crippen LogP contribution in [0.25, 0.3) is 0 Å². The highest BCUT2D eigenvalue weighted by molar-refractivity contribution is 7.99. The topological polar surface area (TPSA) is 63.7 Å². The summed E-state index contributed by atoms with van der Waals surface area (Å²) in [5.74, 6) is -0.173. The Hall–Kier alpha value is -1.83. The minimum Gasteiger partial charge on any atom is -0.463 e. The molecule has 25 heavy (non-hydrogen) atoms. The molecule has 1 aromatic carbocycles. The molecule has 0 unspecified atom stereocenters. The Morgan fingerprint density at radius 1 is 1.12 bits per heavy atom. The van der Waals surface area contributed by atoms with Crippen LogP contribution in [0.1, 0.15) is 25.6 Å². The molecule has 0 saturated heterocycles. The molecule has 0 aliphatic carbocycles. The number of halogens is 1. The number of rotatable bonds is 7. The number of hydrogen-bond donors (Lipinski definition) is 0. The summed E-state index contributed by atoms with van der Waals surface area (Å²) in [6, 6.07) is 10.4. The molecule has 1 aliphatic rings. The van der Waals surface area contributed by atoms with Crippen LogP contribution in [0.15, 0.2) is 36.4 Å². The quantitative estimate of drug-likeness (QED) is 0.530. The third-order valence-electron chi connectivity index (χ3n) is 3.55. The number of thioether (sulfide) groups is 1. The summed E-state index contributed by atoms with van der Waals surface area (Å²) in [4.78, 5) is 38.3. The summed E-state index contributed by atoms with van der Waals surface area (Å²) in [5.41, 5.74) is 0.785. The number of nitrogens with zero attached hydrogens (tertiary/aromatic N) is 1. The molecule has 1 aromatic heterocycles. The highest BCUT2D eigenvalue weighted by Gasteiger charge is 2.34. The minimum absolute atomic E-state index is 0.00427. The summed E-state index contributed by atoms with van der Waals surface area (Å²) < 4.78 is 5.84. The summed E-state index contributed by atoms with van der Waals surface area (Å²) >= 11 is 8.76. The van der Waals surface area contributed by atoms with Gasteiger partial charge in [0, 0.05) is 10.6 Å².